The van der Waals surface area contributed by atoms with E-state index < -0.39 is 5.60 Å². The Morgan fingerprint density at radius 2 is 1.78 bits per heavy atom. The number of hydrogen-bond donors (Lipinski definition) is 3. The zero-order valence-electron chi connectivity index (χ0n) is 11.2. The van der Waals surface area contributed by atoms with E-state index in [1.54, 1.807) is 0 Å². The number of carbonyl (C=O) groups excluding carboxylic acids is 1. The number of amides is 1. The molecule has 4 nitrogen and oxygen atoms in total. The monoisotopic (exact) mass is 254 g/mol. The molecule has 0 unspecified atom stereocenters. The minimum absolute atomic E-state index is 0.231. The van der Waals surface area contributed by atoms with Crippen LogP contribution in [0.15, 0.2) is 0 Å². The lowest BCUT2D eigenvalue weighted by molar-refractivity contribution is -0.127. The van der Waals surface area contributed by atoms with Crippen molar-refractivity contribution in [1.29, 1.82) is 0 Å². The normalized spacial score (nSPS) is 34.2. The Morgan fingerprint density at radius 3 is 2.33 bits per heavy atom. The van der Waals surface area contributed by atoms with E-state index in [-0.39, 0.29) is 17.9 Å². The summed E-state index contributed by atoms with van der Waals surface area (Å²) in [5.41, 5.74) is 4.88. The molecule has 0 radical (unpaired) electrons. The minimum Gasteiger partial charge on any atom is -0.389 e. The summed E-state index contributed by atoms with van der Waals surface area (Å²) in [5.74, 6) is 0.465. The molecule has 0 spiro atoms. The first kappa shape index (κ1) is 13.8. The van der Waals surface area contributed by atoms with Crippen LogP contribution in [-0.4, -0.2) is 29.2 Å². The Bertz CT molecular complexity index is 280. The van der Waals surface area contributed by atoms with Crippen molar-refractivity contribution < 1.29 is 9.90 Å². The highest BCUT2D eigenvalue weighted by Crippen LogP contribution is 2.29. The van der Waals surface area contributed by atoms with Gasteiger partial charge in [-0.05, 0) is 38.5 Å². The van der Waals surface area contributed by atoms with Crippen LogP contribution in [-0.2, 0) is 4.79 Å². The zero-order valence-corrected chi connectivity index (χ0v) is 11.2. The van der Waals surface area contributed by atoms with Crippen LogP contribution in [0.4, 0.5) is 0 Å². The molecule has 0 aromatic rings. The second kappa shape index (κ2) is 6.02. The fourth-order valence-corrected chi connectivity index (χ4v) is 3.19. The summed E-state index contributed by atoms with van der Waals surface area (Å²) >= 11 is 0. The molecular formula is C14H26N2O2. The number of rotatable bonds is 3. The van der Waals surface area contributed by atoms with Gasteiger partial charge in [0, 0.05) is 18.5 Å². The van der Waals surface area contributed by atoms with Gasteiger partial charge in [-0.1, -0.05) is 19.3 Å². The quantitative estimate of drug-likeness (QED) is 0.711. The highest BCUT2D eigenvalue weighted by Gasteiger charge is 2.33. The molecule has 0 bridgehead atoms. The molecule has 2 fully saturated rings. The van der Waals surface area contributed by atoms with E-state index in [1.165, 1.54) is 19.3 Å². The maximum Gasteiger partial charge on any atom is 0.223 e. The molecule has 4 N–H and O–H groups in total. The van der Waals surface area contributed by atoms with Crippen LogP contribution >= 0.6 is 0 Å². The largest absolute Gasteiger partial charge is 0.389 e. The molecule has 18 heavy (non-hydrogen) atoms. The van der Waals surface area contributed by atoms with Gasteiger partial charge in [0.2, 0.25) is 5.91 Å². The predicted octanol–water partition coefficient (Wildman–Crippen LogP) is 1.32. The van der Waals surface area contributed by atoms with Crippen LogP contribution in [0.1, 0.15) is 57.8 Å². The summed E-state index contributed by atoms with van der Waals surface area (Å²) in [6, 6.07) is 0.242. The molecule has 1 amide bonds. The predicted molar refractivity (Wildman–Crippen MR) is 71.0 cm³/mol. The lowest BCUT2D eigenvalue weighted by atomic mass is 9.81. The summed E-state index contributed by atoms with van der Waals surface area (Å²) in [6.07, 6.45) is 8.87. The fraction of sp³-hybridized carbons (Fsp3) is 0.929. The molecule has 0 atom stereocenters. The molecule has 104 valence electrons. The van der Waals surface area contributed by atoms with Crippen molar-refractivity contribution in [3.05, 3.63) is 0 Å². The minimum atomic E-state index is -0.688. The van der Waals surface area contributed by atoms with Crippen molar-refractivity contribution in [1.82, 2.24) is 5.32 Å². The van der Waals surface area contributed by atoms with E-state index in [9.17, 15) is 9.90 Å². The van der Waals surface area contributed by atoms with Crippen molar-refractivity contribution in [3.63, 3.8) is 0 Å². The third-order valence-electron chi connectivity index (χ3n) is 4.62. The van der Waals surface area contributed by atoms with Crippen LogP contribution in [0.25, 0.3) is 0 Å². The van der Waals surface area contributed by atoms with Crippen molar-refractivity contribution >= 4 is 5.91 Å². The molecule has 0 aromatic heterocycles. The smallest absolute Gasteiger partial charge is 0.223 e. The summed E-state index contributed by atoms with van der Waals surface area (Å²) < 4.78 is 0. The molecular weight excluding hydrogens is 228 g/mol. The fourth-order valence-electron chi connectivity index (χ4n) is 3.19. The molecule has 0 aromatic carbocycles. The number of nitrogens with two attached hydrogens (primary N) is 1. The van der Waals surface area contributed by atoms with Gasteiger partial charge < -0.3 is 16.2 Å². The maximum atomic E-state index is 12.1. The molecule has 2 aliphatic rings. The highest BCUT2D eigenvalue weighted by molar-refractivity contribution is 5.79. The molecule has 0 heterocycles. The van der Waals surface area contributed by atoms with Crippen LogP contribution in [0, 0.1) is 5.92 Å². The van der Waals surface area contributed by atoms with Gasteiger partial charge in [0.05, 0.1) is 5.60 Å². The van der Waals surface area contributed by atoms with Crippen LogP contribution in [0.3, 0.4) is 0 Å². The molecule has 2 saturated carbocycles. The molecule has 2 aliphatic carbocycles. The second-order valence-electron chi connectivity index (χ2n) is 6.05. The summed E-state index contributed by atoms with van der Waals surface area (Å²) in [7, 11) is 0. The third-order valence-corrected chi connectivity index (χ3v) is 4.62. The Morgan fingerprint density at radius 1 is 1.17 bits per heavy atom. The SMILES string of the molecule is NCC1(O)CCC(NC(=O)C2CCCCC2)CC1. The first-order valence-electron chi connectivity index (χ1n) is 7.36. The lowest BCUT2D eigenvalue weighted by Gasteiger charge is -2.36. The van der Waals surface area contributed by atoms with E-state index in [4.69, 9.17) is 5.73 Å². The molecule has 4 heteroatoms. The summed E-state index contributed by atoms with van der Waals surface area (Å²) in [4.78, 5) is 12.1. The van der Waals surface area contributed by atoms with Crippen LogP contribution in [0.2, 0.25) is 0 Å². The number of carbonyl (C=O) groups is 1. The van der Waals surface area contributed by atoms with Crippen LogP contribution in [0.5, 0.6) is 0 Å². The summed E-state index contributed by atoms with van der Waals surface area (Å²) in [6.45, 7) is 0.330. The van der Waals surface area contributed by atoms with Gasteiger partial charge in [-0.25, -0.2) is 0 Å². The number of nitrogens with one attached hydrogen (secondary N) is 1. The number of aliphatic hydroxyl groups is 1. The van der Waals surface area contributed by atoms with Crippen LogP contribution < -0.4 is 11.1 Å². The van der Waals surface area contributed by atoms with Gasteiger partial charge in [-0.3, -0.25) is 4.79 Å². The Kier molecular flexibility index (Phi) is 4.62. The van der Waals surface area contributed by atoms with Gasteiger partial charge in [-0.2, -0.15) is 0 Å². The third kappa shape index (κ3) is 3.45. The maximum absolute atomic E-state index is 12.1. The standard InChI is InChI=1S/C14H26N2O2/c15-10-14(18)8-6-12(7-9-14)16-13(17)11-4-2-1-3-5-11/h11-12,18H,1-10,15H2,(H,16,17). The van der Waals surface area contributed by atoms with E-state index in [0.717, 1.165) is 25.7 Å². The first-order chi connectivity index (χ1) is 8.63. The average molecular weight is 254 g/mol. The van der Waals surface area contributed by atoms with E-state index in [2.05, 4.69) is 5.32 Å². The average Bonchev–Trinajstić information content (AvgIpc) is 2.42. The summed E-state index contributed by atoms with van der Waals surface area (Å²) in [5, 5.41) is 13.2. The number of hydrogen-bond acceptors (Lipinski definition) is 3. The van der Waals surface area contributed by atoms with E-state index in [1.807, 2.05) is 0 Å². The van der Waals surface area contributed by atoms with E-state index in [0.29, 0.717) is 19.4 Å². The van der Waals surface area contributed by atoms with E-state index >= 15 is 0 Å². The Balaban J connectivity index is 1.75. The van der Waals surface area contributed by atoms with Crippen molar-refractivity contribution in [3.8, 4) is 0 Å². The van der Waals surface area contributed by atoms with Crippen molar-refractivity contribution in [2.24, 2.45) is 11.7 Å². The van der Waals surface area contributed by atoms with Crippen molar-refractivity contribution in [2.45, 2.75) is 69.4 Å². The highest BCUT2D eigenvalue weighted by atomic mass is 16.3. The Hall–Kier alpha value is -0.610. The topological polar surface area (TPSA) is 75.3 Å². The lowest BCUT2D eigenvalue weighted by Crippen LogP contribution is -2.48. The van der Waals surface area contributed by atoms with Gasteiger partial charge in [0.25, 0.3) is 0 Å². The van der Waals surface area contributed by atoms with Gasteiger partial charge in [0.1, 0.15) is 0 Å². The molecule has 0 aliphatic heterocycles. The van der Waals surface area contributed by atoms with Crippen molar-refractivity contribution in [2.75, 3.05) is 6.54 Å². The van der Waals surface area contributed by atoms with Gasteiger partial charge >= 0.3 is 0 Å². The second-order valence-corrected chi connectivity index (χ2v) is 6.05. The van der Waals surface area contributed by atoms with Gasteiger partial charge in [-0.15, -0.1) is 0 Å². The van der Waals surface area contributed by atoms with Gasteiger partial charge in [0.15, 0.2) is 0 Å². The zero-order chi connectivity index (χ0) is 13.0. The molecule has 2 rings (SSSR count). The first-order valence-corrected chi connectivity index (χ1v) is 7.36. The Labute approximate surface area is 109 Å². The molecule has 0 saturated heterocycles.